The smallest absolute Gasteiger partial charge is 0.134 e. The van der Waals surface area contributed by atoms with Gasteiger partial charge in [0.1, 0.15) is 18.3 Å². The molecule has 1 aromatic rings. The Morgan fingerprint density at radius 2 is 1.93 bits per heavy atom. The van der Waals surface area contributed by atoms with Crippen LogP contribution in [0, 0.1) is 6.92 Å². The molecular formula is C11H12O3. The minimum atomic E-state index is -0.667. The second-order valence-electron chi connectivity index (χ2n) is 3.03. The van der Waals surface area contributed by atoms with E-state index in [1.165, 1.54) is 0 Å². The van der Waals surface area contributed by atoms with Crippen molar-refractivity contribution < 1.29 is 14.3 Å². The molecule has 0 aliphatic carbocycles. The summed E-state index contributed by atoms with van der Waals surface area (Å²) < 4.78 is 5.07. The molecule has 1 aromatic carbocycles. The summed E-state index contributed by atoms with van der Waals surface area (Å²) in [5.41, 5.74) is 1.62. The van der Waals surface area contributed by atoms with E-state index in [1.807, 2.05) is 6.92 Å². The number of carbonyl (C=O) groups excluding carboxylic acids is 2. The van der Waals surface area contributed by atoms with Gasteiger partial charge < -0.3 is 14.3 Å². The Morgan fingerprint density at radius 3 is 2.36 bits per heavy atom. The minimum absolute atomic E-state index is 0.633. The molecule has 0 heterocycles. The third-order valence-electron chi connectivity index (χ3n) is 2.10. The van der Waals surface area contributed by atoms with E-state index < -0.39 is 5.92 Å². The van der Waals surface area contributed by atoms with Gasteiger partial charge >= 0.3 is 0 Å². The molecule has 0 atom stereocenters. The molecule has 3 heteroatoms. The van der Waals surface area contributed by atoms with Crippen LogP contribution in [0.15, 0.2) is 18.2 Å². The topological polar surface area (TPSA) is 43.4 Å². The predicted molar refractivity (Wildman–Crippen MR) is 52.6 cm³/mol. The van der Waals surface area contributed by atoms with Crippen LogP contribution in [0.2, 0.25) is 0 Å². The van der Waals surface area contributed by atoms with Crippen molar-refractivity contribution in [3.8, 4) is 5.75 Å². The van der Waals surface area contributed by atoms with Crippen LogP contribution >= 0.6 is 0 Å². The SMILES string of the molecule is COc1ccc(C(C=O)C=O)cc1C. The lowest BCUT2D eigenvalue weighted by Gasteiger charge is -2.08. The van der Waals surface area contributed by atoms with Gasteiger partial charge in [-0.2, -0.15) is 0 Å². The highest BCUT2D eigenvalue weighted by atomic mass is 16.5. The van der Waals surface area contributed by atoms with Crippen LogP contribution in [0.1, 0.15) is 17.0 Å². The summed E-state index contributed by atoms with van der Waals surface area (Å²) in [5.74, 6) is 0.0869. The second kappa shape index (κ2) is 4.56. The van der Waals surface area contributed by atoms with Gasteiger partial charge in [-0.05, 0) is 24.1 Å². The van der Waals surface area contributed by atoms with Crippen LogP contribution in [0.5, 0.6) is 5.75 Å². The van der Waals surface area contributed by atoms with Gasteiger partial charge in [-0.1, -0.05) is 12.1 Å². The number of aryl methyl sites for hydroxylation is 1. The van der Waals surface area contributed by atoms with Gasteiger partial charge in [0.25, 0.3) is 0 Å². The number of rotatable bonds is 4. The van der Waals surface area contributed by atoms with E-state index in [2.05, 4.69) is 0 Å². The van der Waals surface area contributed by atoms with Gasteiger partial charge in [-0.25, -0.2) is 0 Å². The first-order valence-corrected chi connectivity index (χ1v) is 4.28. The van der Waals surface area contributed by atoms with Gasteiger partial charge in [0.05, 0.1) is 13.0 Å². The van der Waals surface area contributed by atoms with Crippen molar-refractivity contribution in [3.05, 3.63) is 29.3 Å². The van der Waals surface area contributed by atoms with E-state index in [9.17, 15) is 9.59 Å². The Hall–Kier alpha value is -1.64. The van der Waals surface area contributed by atoms with Crippen molar-refractivity contribution in [2.24, 2.45) is 0 Å². The predicted octanol–water partition coefficient (Wildman–Crippen LogP) is 1.49. The number of carbonyl (C=O) groups is 2. The molecule has 3 nitrogen and oxygen atoms in total. The number of methoxy groups -OCH3 is 1. The zero-order valence-electron chi connectivity index (χ0n) is 8.19. The van der Waals surface area contributed by atoms with Crippen LogP contribution in [-0.4, -0.2) is 19.7 Å². The van der Waals surface area contributed by atoms with Crippen LogP contribution in [0.3, 0.4) is 0 Å². The van der Waals surface area contributed by atoms with Crippen LogP contribution in [0.4, 0.5) is 0 Å². The van der Waals surface area contributed by atoms with E-state index in [4.69, 9.17) is 4.74 Å². The largest absolute Gasteiger partial charge is 0.496 e. The van der Waals surface area contributed by atoms with E-state index in [0.717, 1.165) is 11.3 Å². The van der Waals surface area contributed by atoms with Crippen LogP contribution in [0.25, 0.3) is 0 Å². The number of hydrogen-bond acceptors (Lipinski definition) is 3. The average molecular weight is 192 g/mol. The molecule has 0 amide bonds. The van der Waals surface area contributed by atoms with Crippen molar-refractivity contribution in [2.75, 3.05) is 7.11 Å². The van der Waals surface area contributed by atoms with Gasteiger partial charge in [0, 0.05) is 0 Å². The Balaban J connectivity index is 3.06. The molecule has 0 bridgehead atoms. The average Bonchev–Trinajstić information content (AvgIpc) is 2.20. The van der Waals surface area contributed by atoms with Crippen molar-refractivity contribution in [3.63, 3.8) is 0 Å². The molecule has 0 N–H and O–H groups in total. The summed E-state index contributed by atoms with van der Waals surface area (Å²) in [6.45, 7) is 1.87. The summed E-state index contributed by atoms with van der Waals surface area (Å²) in [6, 6.07) is 5.26. The van der Waals surface area contributed by atoms with Crippen molar-refractivity contribution in [2.45, 2.75) is 12.8 Å². The molecule has 0 spiro atoms. The third kappa shape index (κ3) is 1.99. The molecular weight excluding hydrogens is 180 g/mol. The highest BCUT2D eigenvalue weighted by Crippen LogP contribution is 2.21. The first-order chi connectivity index (χ1) is 6.72. The highest BCUT2D eigenvalue weighted by molar-refractivity contribution is 5.85. The number of hydrogen-bond donors (Lipinski definition) is 0. The molecule has 0 radical (unpaired) electrons. The first kappa shape index (κ1) is 10.4. The zero-order chi connectivity index (χ0) is 10.6. The van der Waals surface area contributed by atoms with E-state index in [0.29, 0.717) is 18.1 Å². The number of ether oxygens (including phenoxy) is 1. The molecule has 0 saturated heterocycles. The second-order valence-corrected chi connectivity index (χ2v) is 3.03. The van der Waals surface area contributed by atoms with Crippen LogP contribution in [-0.2, 0) is 9.59 Å². The van der Waals surface area contributed by atoms with Crippen molar-refractivity contribution >= 4 is 12.6 Å². The molecule has 14 heavy (non-hydrogen) atoms. The molecule has 74 valence electrons. The Morgan fingerprint density at radius 1 is 1.29 bits per heavy atom. The van der Waals surface area contributed by atoms with Crippen molar-refractivity contribution in [1.82, 2.24) is 0 Å². The quantitative estimate of drug-likeness (QED) is 0.536. The number of benzene rings is 1. The first-order valence-electron chi connectivity index (χ1n) is 4.28. The molecule has 0 saturated carbocycles. The Bertz CT molecular complexity index is 336. The number of aldehydes is 2. The maximum Gasteiger partial charge on any atom is 0.134 e. The lowest BCUT2D eigenvalue weighted by atomic mass is 10.00. The normalized spacial score (nSPS) is 9.93. The summed E-state index contributed by atoms with van der Waals surface area (Å²) in [4.78, 5) is 21.1. The minimum Gasteiger partial charge on any atom is -0.496 e. The van der Waals surface area contributed by atoms with Gasteiger partial charge in [0.15, 0.2) is 0 Å². The lowest BCUT2D eigenvalue weighted by molar-refractivity contribution is -0.116. The third-order valence-corrected chi connectivity index (χ3v) is 2.10. The molecule has 0 aliphatic heterocycles. The summed E-state index contributed by atoms with van der Waals surface area (Å²) in [5, 5.41) is 0. The van der Waals surface area contributed by atoms with Gasteiger partial charge in [0.2, 0.25) is 0 Å². The van der Waals surface area contributed by atoms with Crippen LogP contribution < -0.4 is 4.74 Å². The summed E-state index contributed by atoms with van der Waals surface area (Å²) >= 11 is 0. The fraction of sp³-hybridized carbons (Fsp3) is 0.273. The molecule has 0 fully saturated rings. The van der Waals surface area contributed by atoms with Crippen molar-refractivity contribution in [1.29, 1.82) is 0 Å². The van der Waals surface area contributed by atoms with E-state index >= 15 is 0 Å². The molecule has 0 aliphatic rings. The molecule has 1 rings (SSSR count). The van der Waals surface area contributed by atoms with Gasteiger partial charge in [-0.15, -0.1) is 0 Å². The van der Waals surface area contributed by atoms with E-state index in [1.54, 1.807) is 25.3 Å². The molecule has 0 aromatic heterocycles. The maximum atomic E-state index is 10.5. The zero-order valence-corrected chi connectivity index (χ0v) is 8.19. The molecule has 0 unspecified atom stereocenters. The fourth-order valence-electron chi connectivity index (χ4n) is 1.30. The fourth-order valence-corrected chi connectivity index (χ4v) is 1.30. The van der Waals surface area contributed by atoms with Gasteiger partial charge in [-0.3, -0.25) is 0 Å². The Kier molecular flexibility index (Phi) is 3.40. The Labute approximate surface area is 82.7 Å². The standard InChI is InChI=1S/C11H12O3/c1-8-5-9(10(6-12)7-13)3-4-11(8)14-2/h3-7,10H,1-2H3. The lowest BCUT2D eigenvalue weighted by Crippen LogP contribution is -2.02. The summed E-state index contributed by atoms with van der Waals surface area (Å²) in [7, 11) is 1.58. The summed E-state index contributed by atoms with van der Waals surface area (Å²) in [6.07, 6.45) is 1.27. The maximum absolute atomic E-state index is 10.5. The monoisotopic (exact) mass is 192 g/mol. The van der Waals surface area contributed by atoms with E-state index in [-0.39, 0.29) is 0 Å². The highest BCUT2D eigenvalue weighted by Gasteiger charge is 2.10.